The maximum Gasteiger partial charge on any atom is 0.130 e. The second kappa shape index (κ2) is 6.04. The molecule has 0 radical (unpaired) electrons. The van der Waals surface area contributed by atoms with E-state index in [1.165, 1.54) is 0 Å². The van der Waals surface area contributed by atoms with Crippen molar-refractivity contribution in [1.82, 2.24) is 0 Å². The normalized spacial score (nSPS) is 10.2. The molecule has 0 unspecified atom stereocenters. The molecule has 0 fully saturated rings. The van der Waals surface area contributed by atoms with Crippen molar-refractivity contribution in [2.75, 3.05) is 0 Å². The molecule has 0 aliphatic rings. The van der Waals surface area contributed by atoms with Gasteiger partial charge < -0.3 is 15.6 Å². The number of thiocarbonyl (C=S) groups is 1. The van der Waals surface area contributed by atoms with Gasteiger partial charge in [-0.15, -0.1) is 0 Å². The SMILES string of the molecule is NC(=S)c1cc(Br)ccc1OCc1ccc(O)cc1. The first kappa shape index (κ1) is 13.8. The molecule has 0 aliphatic carbocycles. The van der Waals surface area contributed by atoms with Crippen LogP contribution in [-0.4, -0.2) is 10.1 Å². The molecular formula is C14H12BrNO2S. The third-order valence-electron chi connectivity index (χ3n) is 2.54. The largest absolute Gasteiger partial charge is 0.508 e. The van der Waals surface area contributed by atoms with E-state index in [-0.39, 0.29) is 5.75 Å². The summed E-state index contributed by atoms with van der Waals surface area (Å²) < 4.78 is 6.61. The molecule has 2 rings (SSSR count). The molecule has 0 amide bonds. The fourth-order valence-corrected chi connectivity index (χ4v) is 2.09. The van der Waals surface area contributed by atoms with Gasteiger partial charge in [0, 0.05) is 4.47 Å². The molecule has 98 valence electrons. The van der Waals surface area contributed by atoms with Crippen LogP contribution in [-0.2, 0) is 6.61 Å². The quantitative estimate of drug-likeness (QED) is 0.840. The Balaban J connectivity index is 2.15. The molecule has 2 aromatic rings. The summed E-state index contributed by atoms with van der Waals surface area (Å²) in [5, 5.41) is 9.21. The highest BCUT2D eigenvalue weighted by Gasteiger charge is 2.07. The summed E-state index contributed by atoms with van der Waals surface area (Å²) in [6, 6.07) is 12.4. The standard InChI is InChI=1S/C14H12BrNO2S/c15-10-3-6-13(12(7-10)14(16)19)18-8-9-1-4-11(17)5-2-9/h1-7,17H,8H2,(H2,16,19). The average Bonchev–Trinajstić information content (AvgIpc) is 2.39. The Morgan fingerprint density at radius 1 is 1.21 bits per heavy atom. The van der Waals surface area contributed by atoms with Gasteiger partial charge in [-0.1, -0.05) is 40.3 Å². The Morgan fingerprint density at radius 2 is 1.89 bits per heavy atom. The molecule has 0 bridgehead atoms. The number of hydrogen-bond donors (Lipinski definition) is 2. The van der Waals surface area contributed by atoms with Gasteiger partial charge in [-0.2, -0.15) is 0 Å². The summed E-state index contributed by atoms with van der Waals surface area (Å²) in [4.78, 5) is 0.294. The van der Waals surface area contributed by atoms with Crippen LogP contribution < -0.4 is 10.5 Å². The first-order valence-electron chi connectivity index (χ1n) is 5.56. The number of rotatable bonds is 4. The molecule has 0 aliphatic heterocycles. The lowest BCUT2D eigenvalue weighted by atomic mass is 10.2. The molecule has 0 aromatic heterocycles. The van der Waals surface area contributed by atoms with Crippen molar-refractivity contribution in [3.8, 4) is 11.5 Å². The van der Waals surface area contributed by atoms with Gasteiger partial charge in [0.15, 0.2) is 0 Å². The van der Waals surface area contributed by atoms with Crippen LogP contribution in [0.15, 0.2) is 46.9 Å². The maximum absolute atomic E-state index is 9.21. The molecule has 0 saturated heterocycles. The van der Waals surface area contributed by atoms with Gasteiger partial charge in [0.1, 0.15) is 23.1 Å². The number of nitrogens with two attached hydrogens (primary N) is 1. The number of aromatic hydroxyl groups is 1. The van der Waals surface area contributed by atoms with E-state index in [1.807, 2.05) is 18.2 Å². The van der Waals surface area contributed by atoms with Crippen molar-refractivity contribution in [3.63, 3.8) is 0 Å². The fraction of sp³-hybridized carbons (Fsp3) is 0.0714. The first-order valence-corrected chi connectivity index (χ1v) is 6.76. The van der Waals surface area contributed by atoms with Crippen LogP contribution in [0.3, 0.4) is 0 Å². The van der Waals surface area contributed by atoms with E-state index in [4.69, 9.17) is 22.7 Å². The Bertz CT molecular complexity index is 599. The van der Waals surface area contributed by atoms with E-state index in [1.54, 1.807) is 24.3 Å². The zero-order valence-electron chi connectivity index (χ0n) is 9.97. The van der Waals surface area contributed by atoms with E-state index < -0.39 is 0 Å². The van der Waals surface area contributed by atoms with Crippen molar-refractivity contribution < 1.29 is 9.84 Å². The molecule has 0 saturated carbocycles. The smallest absolute Gasteiger partial charge is 0.130 e. The zero-order valence-corrected chi connectivity index (χ0v) is 12.4. The monoisotopic (exact) mass is 337 g/mol. The molecule has 19 heavy (non-hydrogen) atoms. The van der Waals surface area contributed by atoms with Gasteiger partial charge in [0.25, 0.3) is 0 Å². The van der Waals surface area contributed by atoms with Crippen molar-refractivity contribution >= 4 is 33.1 Å². The summed E-state index contributed by atoms with van der Waals surface area (Å²) in [6.07, 6.45) is 0. The Hall–Kier alpha value is -1.59. The minimum Gasteiger partial charge on any atom is -0.508 e. The summed E-state index contributed by atoms with van der Waals surface area (Å²) in [6.45, 7) is 0.386. The fourth-order valence-electron chi connectivity index (χ4n) is 1.57. The predicted octanol–water partition coefficient (Wildman–Crippen LogP) is 3.37. The van der Waals surface area contributed by atoms with E-state index in [2.05, 4.69) is 15.9 Å². The Kier molecular flexibility index (Phi) is 4.39. The van der Waals surface area contributed by atoms with Crippen LogP contribution in [0.1, 0.15) is 11.1 Å². The van der Waals surface area contributed by atoms with Gasteiger partial charge in [-0.05, 0) is 35.9 Å². The van der Waals surface area contributed by atoms with Gasteiger partial charge in [-0.25, -0.2) is 0 Å². The third kappa shape index (κ3) is 3.68. The van der Waals surface area contributed by atoms with Gasteiger partial charge >= 0.3 is 0 Å². The van der Waals surface area contributed by atoms with E-state index >= 15 is 0 Å². The van der Waals surface area contributed by atoms with Gasteiger partial charge in [0.05, 0.1) is 5.56 Å². The van der Waals surface area contributed by atoms with Crippen LogP contribution in [0.5, 0.6) is 11.5 Å². The topological polar surface area (TPSA) is 55.5 Å². The minimum absolute atomic E-state index is 0.233. The predicted molar refractivity (Wildman–Crippen MR) is 82.5 cm³/mol. The Labute approximate surface area is 125 Å². The summed E-state index contributed by atoms with van der Waals surface area (Å²) in [7, 11) is 0. The van der Waals surface area contributed by atoms with Crippen LogP contribution >= 0.6 is 28.1 Å². The molecule has 2 aromatic carbocycles. The lowest BCUT2D eigenvalue weighted by Crippen LogP contribution is -2.11. The second-order valence-corrected chi connectivity index (χ2v) is 5.32. The Morgan fingerprint density at radius 3 is 2.53 bits per heavy atom. The van der Waals surface area contributed by atoms with Gasteiger partial charge in [0.2, 0.25) is 0 Å². The van der Waals surface area contributed by atoms with Crippen LogP contribution in [0.4, 0.5) is 0 Å². The molecule has 0 atom stereocenters. The first-order chi connectivity index (χ1) is 9.06. The van der Waals surface area contributed by atoms with Gasteiger partial charge in [-0.3, -0.25) is 0 Å². The van der Waals surface area contributed by atoms with Crippen molar-refractivity contribution in [2.45, 2.75) is 6.61 Å². The number of halogens is 1. The highest BCUT2D eigenvalue weighted by Crippen LogP contribution is 2.24. The molecular weight excluding hydrogens is 326 g/mol. The van der Waals surface area contributed by atoms with Crippen molar-refractivity contribution in [1.29, 1.82) is 0 Å². The molecule has 3 N–H and O–H groups in total. The summed E-state index contributed by atoms with van der Waals surface area (Å²) in [5.74, 6) is 0.875. The third-order valence-corrected chi connectivity index (χ3v) is 3.25. The lowest BCUT2D eigenvalue weighted by Gasteiger charge is -2.11. The summed E-state index contributed by atoms with van der Waals surface area (Å²) >= 11 is 8.37. The number of ether oxygens (including phenoxy) is 1. The molecule has 0 spiro atoms. The van der Waals surface area contributed by atoms with Crippen LogP contribution in [0.2, 0.25) is 0 Å². The second-order valence-electron chi connectivity index (χ2n) is 3.96. The maximum atomic E-state index is 9.21. The average molecular weight is 338 g/mol. The number of hydrogen-bond acceptors (Lipinski definition) is 3. The highest BCUT2D eigenvalue weighted by molar-refractivity contribution is 9.10. The van der Waals surface area contributed by atoms with Crippen LogP contribution in [0, 0.1) is 0 Å². The zero-order chi connectivity index (χ0) is 13.8. The van der Waals surface area contributed by atoms with Crippen molar-refractivity contribution in [3.05, 3.63) is 58.1 Å². The molecule has 3 nitrogen and oxygen atoms in total. The lowest BCUT2D eigenvalue weighted by molar-refractivity contribution is 0.305. The van der Waals surface area contributed by atoms with Crippen LogP contribution in [0.25, 0.3) is 0 Å². The minimum atomic E-state index is 0.233. The summed E-state index contributed by atoms with van der Waals surface area (Å²) in [5.41, 5.74) is 7.32. The number of phenolic OH excluding ortho intramolecular Hbond substituents is 1. The van der Waals surface area contributed by atoms with E-state index in [9.17, 15) is 5.11 Å². The van der Waals surface area contributed by atoms with Crippen molar-refractivity contribution in [2.24, 2.45) is 5.73 Å². The number of benzene rings is 2. The van der Waals surface area contributed by atoms with E-state index in [0.29, 0.717) is 22.9 Å². The van der Waals surface area contributed by atoms with E-state index in [0.717, 1.165) is 10.0 Å². The highest BCUT2D eigenvalue weighted by atomic mass is 79.9. The molecule has 5 heteroatoms. The molecule has 0 heterocycles. The number of phenols is 1.